The third kappa shape index (κ3) is 5.45. The van der Waals surface area contributed by atoms with E-state index in [1.807, 2.05) is 26.8 Å². The third-order valence-corrected chi connectivity index (χ3v) is 3.94. The molecule has 0 aromatic carbocycles. The van der Waals surface area contributed by atoms with Crippen LogP contribution < -0.4 is 0 Å². The zero-order chi connectivity index (χ0) is 17.0. The first-order valence-corrected chi connectivity index (χ1v) is 9.02. The van der Waals surface area contributed by atoms with Crippen LogP contribution in [0.4, 0.5) is 0 Å². The number of hydrogen-bond donors (Lipinski definition) is 0. The van der Waals surface area contributed by atoms with Crippen LogP contribution in [-0.2, 0) is 23.7 Å². The largest absolute Gasteiger partial charge is 0.502 e. The van der Waals surface area contributed by atoms with E-state index in [0.717, 1.165) is 32.1 Å². The first-order valence-electron chi connectivity index (χ1n) is 9.02. The molecule has 23 heavy (non-hydrogen) atoms. The summed E-state index contributed by atoms with van der Waals surface area (Å²) in [5, 5.41) is 0. The molecule has 1 aliphatic rings. The summed E-state index contributed by atoms with van der Waals surface area (Å²) in [6, 6.07) is 0. The van der Waals surface area contributed by atoms with Crippen molar-refractivity contribution in [3.05, 3.63) is 12.3 Å². The molecule has 0 aromatic rings. The molecule has 0 aliphatic carbocycles. The van der Waals surface area contributed by atoms with Gasteiger partial charge < -0.3 is 23.7 Å². The van der Waals surface area contributed by atoms with Crippen LogP contribution in [0.25, 0.3) is 0 Å². The molecule has 0 saturated carbocycles. The highest BCUT2D eigenvalue weighted by atomic mass is 16.9. The van der Waals surface area contributed by atoms with Crippen molar-refractivity contribution in [2.24, 2.45) is 0 Å². The van der Waals surface area contributed by atoms with Gasteiger partial charge in [-0.1, -0.05) is 13.0 Å². The van der Waals surface area contributed by atoms with E-state index < -0.39 is 11.6 Å². The second-order valence-corrected chi connectivity index (χ2v) is 5.56. The van der Waals surface area contributed by atoms with Gasteiger partial charge in [-0.3, -0.25) is 0 Å². The number of allylic oxidation sites excluding steroid dienone is 1. The monoisotopic (exact) mass is 330 g/mol. The third-order valence-electron chi connectivity index (χ3n) is 3.94. The Morgan fingerprint density at radius 3 is 2.30 bits per heavy atom. The molecule has 136 valence electrons. The normalized spacial score (nSPS) is 24.2. The summed E-state index contributed by atoms with van der Waals surface area (Å²) in [6.45, 7) is 10.9. The van der Waals surface area contributed by atoms with E-state index in [1.54, 1.807) is 6.26 Å². The smallest absolute Gasteiger partial charge is 0.313 e. The Labute approximate surface area is 141 Å². The van der Waals surface area contributed by atoms with Gasteiger partial charge in [-0.15, -0.1) is 0 Å². The summed E-state index contributed by atoms with van der Waals surface area (Å²) in [6.07, 6.45) is 8.20. The first-order chi connectivity index (χ1) is 11.2. The molecule has 1 rings (SSSR count). The molecule has 0 radical (unpaired) electrons. The van der Waals surface area contributed by atoms with Crippen molar-refractivity contribution in [1.29, 1.82) is 0 Å². The van der Waals surface area contributed by atoms with Gasteiger partial charge in [-0.25, -0.2) is 0 Å². The van der Waals surface area contributed by atoms with E-state index in [0.29, 0.717) is 33.0 Å². The molecule has 1 aliphatic heterocycles. The lowest BCUT2D eigenvalue weighted by Crippen LogP contribution is -2.63. The summed E-state index contributed by atoms with van der Waals surface area (Å²) in [7, 11) is 0. The average molecular weight is 330 g/mol. The van der Waals surface area contributed by atoms with Crippen LogP contribution in [0.15, 0.2) is 12.3 Å². The molecule has 0 spiro atoms. The molecule has 0 amide bonds. The molecule has 5 nitrogen and oxygen atoms in total. The minimum atomic E-state index is -1.11. The van der Waals surface area contributed by atoms with Gasteiger partial charge in [0.2, 0.25) is 0 Å². The Bertz CT molecular complexity index is 316. The first kappa shape index (κ1) is 20.4. The molecule has 1 atom stereocenters. The van der Waals surface area contributed by atoms with E-state index >= 15 is 0 Å². The van der Waals surface area contributed by atoms with Crippen LogP contribution in [0.2, 0.25) is 0 Å². The fraction of sp³-hybridized carbons (Fsp3) is 0.889. The fourth-order valence-electron chi connectivity index (χ4n) is 3.08. The zero-order valence-electron chi connectivity index (χ0n) is 15.3. The molecule has 0 N–H and O–H groups in total. The SMILES string of the molecule is CCC=COCCCC1(OCC)CCCOC1(OCC)OCC. The topological polar surface area (TPSA) is 46.2 Å². The second-order valence-electron chi connectivity index (χ2n) is 5.56. The van der Waals surface area contributed by atoms with E-state index in [9.17, 15) is 0 Å². The summed E-state index contributed by atoms with van der Waals surface area (Å²) in [5.74, 6) is -1.11. The molecule has 1 heterocycles. The Morgan fingerprint density at radius 2 is 1.70 bits per heavy atom. The summed E-state index contributed by atoms with van der Waals surface area (Å²) in [4.78, 5) is 0. The minimum Gasteiger partial charge on any atom is -0.502 e. The maximum absolute atomic E-state index is 6.17. The molecule has 0 aromatic heterocycles. The molecular formula is C18H34O5. The van der Waals surface area contributed by atoms with Gasteiger partial charge in [-0.05, 0) is 52.9 Å². The lowest BCUT2D eigenvalue weighted by atomic mass is 9.87. The Morgan fingerprint density at radius 1 is 1.00 bits per heavy atom. The van der Waals surface area contributed by atoms with Gasteiger partial charge in [-0.2, -0.15) is 0 Å². The van der Waals surface area contributed by atoms with Crippen LogP contribution in [0, 0.1) is 0 Å². The number of ether oxygens (including phenoxy) is 5. The van der Waals surface area contributed by atoms with Gasteiger partial charge >= 0.3 is 5.97 Å². The van der Waals surface area contributed by atoms with E-state index in [-0.39, 0.29) is 0 Å². The average Bonchev–Trinajstić information content (AvgIpc) is 2.54. The predicted molar refractivity (Wildman–Crippen MR) is 90.1 cm³/mol. The maximum atomic E-state index is 6.17. The summed E-state index contributed by atoms with van der Waals surface area (Å²) >= 11 is 0. The summed E-state index contributed by atoms with van der Waals surface area (Å²) < 4.78 is 29.6. The van der Waals surface area contributed by atoms with Crippen molar-refractivity contribution in [3.8, 4) is 0 Å². The van der Waals surface area contributed by atoms with Crippen molar-refractivity contribution in [3.63, 3.8) is 0 Å². The van der Waals surface area contributed by atoms with Gasteiger partial charge in [0.25, 0.3) is 0 Å². The lowest BCUT2D eigenvalue weighted by Gasteiger charge is -2.50. The Kier molecular flexibility index (Phi) is 9.79. The minimum absolute atomic E-state index is 0.518. The predicted octanol–water partition coefficient (Wildman–Crippen LogP) is 4.02. The van der Waals surface area contributed by atoms with Crippen LogP contribution in [0.1, 0.15) is 59.8 Å². The molecule has 5 heteroatoms. The lowest BCUT2D eigenvalue weighted by molar-refractivity contribution is -0.459. The molecule has 1 saturated heterocycles. The van der Waals surface area contributed by atoms with Crippen LogP contribution in [0.5, 0.6) is 0 Å². The van der Waals surface area contributed by atoms with Crippen molar-refractivity contribution >= 4 is 0 Å². The van der Waals surface area contributed by atoms with Crippen molar-refractivity contribution in [1.82, 2.24) is 0 Å². The van der Waals surface area contributed by atoms with Crippen LogP contribution in [-0.4, -0.2) is 44.6 Å². The molecular weight excluding hydrogens is 296 g/mol. The fourth-order valence-corrected chi connectivity index (χ4v) is 3.08. The van der Waals surface area contributed by atoms with E-state index in [2.05, 4.69) is 6.92 Å². The van der Waals surface area contributed by atoms with Crippen LogP contribution >= 0.6 is 0 Å². The molecule has 1 fully saturated rings. The highest BCUT2D eigenvalue weighted by Crippen LogP contribution is 2.43. The Hall–Kier alpha value is -0.620. The Balaban J connectivity index is 2.80. The molecule has 1 unspecified atom stereocenters. The van der Waals surface area contributed by atoms with Gasteiger partial charge in [0.05, 0.1) is 19.5 Å². The summed E-state index contributed by atoms with van der Waals surface area (Å²) in [5.41, 5.74) is -0.580. The van der Waals surface area contributed by atoms with Crippen LogP contribution in [0.3, 0.4) is 0 Å². The van der Waals surface area contributed by atoms with E-state index in [4.69, 9.17) is 23.7 Å². The standard InChI is InChI=1S/C18H34O5/c1-5-9-14-19-15-10-12-17(20-6-2)13-11-16-23-18(17,21-7-3)22-8-4/h9,14H,5-8,10-13,15-16H2,1-4H3. The van der Waals surface area contributed by atoms with Gasteiger partial charge in [0.1, 0.15) is 5.60 Å². The zero-order valence-corrected chi connectivity index (χ0v) is 15.3. The highest BCUT2D eigenvalue weighted by molar-refractivity contribution is 4.94. The van der Waals surface area contributed by atoms with Crippen molar-refractivity contribution in [2.75, 3.05) is 33.0 Å². The number of rotatable bonds is 12. The quantitative estimate of drug-likeness (QED) is 0.307. The highest BCUT2D eigenvalue weighted by Gasteiger charge is 2.57. The van der Waals surface area contributed by atoms with Gasteiger partial charge in [0.15, 0.2) is 0 Å². The van der Waals surface area contributed by atoms with E-state index in [1.165, 1.54) is 0 Å². The van der Waals surface area contributed by atoms with Crippen molar-refractivity contribution < 1.29 is 23.7 Å². The number of hydrogen-bond acceptors (Lipinski definition) is 5. The maximum Gasteiger partial charge on any atom is 0.313 e. The van der Waals surface area contributed by atoms with Crippen molar-refractivity contribution in [2.45, 2.75) is 71.4 Å². The van der Waals surface area contributed by atoms with Gasteiger partial charge in [0, 0.05) is 19.8 Å². The molecule has 0 bridgehead atoms. The second kappa shape index (κ2) is 11.0.